The molecule has 5 heteroatoms. The molecule has 6 rings (SSSR count). The van der Waals surface area contributed by atoms with E-state index in [2.05, 4.69) is 33.0 Å². The van der Waals surface area contributed by atoms with Crippen LogP contribution in [0, 0.1) is 51.2 Å². The zero-order valence-corrected chi connectivity index (χ0v) is 24.3. The van der Waals surface area contributed by atoms with Crippen molar-refractivity contribution < 1.29 is 18.7 Å². The van der Waals surface area contributed by atoms with Gasteiger partial charge in [0, 0.05) is 24.4 Å². The van der Waals surface area contributed by atoms with Crippen molar-refractivity contribution in [2.24, 2.45) is 51.2 Å². The van der Waals surface area contributed by atoms with Gasteiger partial charge in [-0.15, -0.1) is 0 Å². The fourth-order valence-electron chi connectivity index (χ4n) is 11.7. The van der Waals surface area contributed by atoms with Crippen LogP contribution in [0.4, 0.5) is 0 Å². The third-order valence-corrected chi connectivity index (χ3v) is 13.2. The Bertz CT molecular complexity index is 1060. The number of esters is 1. The van der Waals surface area contributed by atoms with Gasteiger partial charge in [0.15, 0.2) is 0 Å². The summed E-state index contributed by atoms with van der Waals surface area (Å²) in [6.07, 6.45) is 16.4. The van der Waals surface area contributed by atoms with E-state index in [-0.39, 0.29) is 22.9 Å². The normalized spacial score (nSPS) is 45.2. The van der Waals surface area contributed by atoms with Crippen molar-refractivity contribution in [1.82, 2.24) is 5.32 Å². The van der Waals surface area contributed by atoms with Crippen LogP contribution >= 0.6 is 0 Å². The molecule has 1 aromatic heterocycles. The van der Waals surface area contributed by atoms with E-state index in [0.29, 0.717) is 41.0 Å². The highest BCUT2D eigenvalue weighted by Gasteiger charge is 2.67. The first-order chi connectivity index (χ1) is 18.0. The standard InChI is InChI=1S/C33H49NO4/c1-21(35)38-28-12-16-32(5)26(30(28,2)3)11-15-31(4)24-10-17-33(29(36)34-19-22-13-18-37-20-22)14-6-7-25(33)23(24)8-9-27(31)32/h13,18,20,23-28H,6-12,14-17,19H2,1-5H3,(H,34,36). The predicted molar refractivity (Wildman–Crippen MR) is 147 cm³/mol. The van der Waals surface area contributed by atoms with Crippen LogP contribution in [0.3, 0.4) is 0 Å². The quantitative estimate of drug-likeness (QED) is 0.421. The molecule has 1 N–H and O–H groups in total. The summed E-state index contributed by atoms with van der Waals surface area (Å²) in [6.45, 7) is 12.1. The van der Waals surface area contributed by atoms with Crippen molar-refractivity contribution in [2.75, 3.05) is 0 Å². The second-order valence-electron chi connectivity index (χ2n) is 15.0. The highest BCUT2D eigenvalue weighted by molar-refractivity contribution is 5.83. The van der Waals surface area contributed by atoms with Gasteiger partial charge in [-0.05, 0) is 111 Å². The molecule has 5 nitrogen and oxygen atoms in total. The smallest absolute Gasteiger partial charge is 0.302 e. The Kier molecular flexibility index (Phi) is 6.35. The summed E-state index contributed by atoms with van der Waals surface area (Å²) in [5, 5.41) is 3.31. The third kappa shape index (κ3) is 3.76. The van der Waals surface area contributed by atoms with Crippen molar-refractivity contribution in [2.45, 2.75) is 118 Å². The zero-order valence-electron chi connectivity index (χ0n) is 24.3. The second-order valence-corrected chi connectivity index (χ2v) is 15.0. The Morgan fingerprint density at radius 3 is 2.45 bits per heavy atom. The summed E-state index contributed by atoms with van der Waals surface area (Å²) in [4.78, 5) is 25.7. The molecule has 0 aliphatic heterocycles. The molecule has 5 saturated carbocycles. The van der Waals surface area contributed by atoms with Gasteiger partial charge in [0.2, 0.25) is 5.91 Å². The van der Waals surface area contributed by atoms with Gasteiger partial charge in [-0.1, -0.05) is 34.1 Å². The van der Waals surface area contributed by atoms with Crippen LogP contribution in [-0.2, 0) is 20.9 Å². The second kappa shape index (κ2) is 9.13. The van der Waals surface area contributed by atoms with Gasteiger partial charge >= 0.3 is 5.97 Å². The predicted octanol–water partition coefficient (Wildman–Crippen LogP) is 7.29. The van der Waals surface area contributed by atoms with Crippen molar-refractivity contribution in [3.05, 3.63) is 24.2 Å². The van der Waals surface area contributed by atoms with Crippen LogP contribution in [0.25, 0.3) is 0 Å². The first kappa shape index (κ1) is 26.4. The number of rotatable bonds is 4. The minimum absolute atomic E-state index is 0.0110. The fraction of sp³-hybridized carbons (Fsp3) is 0.818. The molecule has 38 heavy (non-hydrogen) atoms. The van der Waals surface area contributed by atoms with Crippen molar-refractivity contribution >= 4 is 11.9 Å². The van der Waals surface area contributed by atoms with E-state index in [9.17, 15) is 9.59 Å². The van der Waals surface area contributed by atoms with Crippen LogP contribution in [-0.4, -0.2) is 18.0 Å². The molecule has 9 atom stereocenters. The summed E-state index contributed by atoms with van der Waals surface area (Å²) >= 11 is 0. The van der Waals surface area contributed by atoms with E-state index < -0.39 is 0 Å². The largest absolute Gasteiger partial charge is 0.472 e. The van der Waals surface area contributed by atoms with Gasteiger partial charge < -0.3 is 14.5 Å². The molecule has 1 aromatic rings. The van der Waals surface area contributed by atoms with E-state index in [4.69, 9.17) is 9.15 Å². The lowest BCUT2D eigenvalue weighted by Crippen LogP contribution is -2.64. The maximum atomic E-state index is 13.8. The number of ether oxygens (including phenoxy) is 1. The molecule has 0 aromatic carbocycles. The molecule has 0 bridgehead atoms. The Labute approximate surface area is 229 Å². The molecule has 1 heterocycles. The zero-order chi connectivity index (χ0) is 26.9. The summed E-state index contributed by atoms with van der Waals surface area (Å²) in [7, 11) is 0. The van der Waals surface area contributed by atoms with E-state index in [1.165, 1.54) is 51.4 Å². The monoisotopic (exact) mass is 523 g/mol. The molecular formula is C33H49NO4. The summed E-state index contributed by atoms with van der Waals surface area (Å²) in [6, 6.07) is 1.95. The molecule has 0 radical (unpaired) electrons. The fourth-order valence-corrected chi connectivity index (χ4v) is 11.7. The van der Waals surface area contributed by atoms with E-state index in [0.717, 1.165) is 36.7 Å². The minimum atomic E-state index is -0.167. The molecule has 210 valence electrons. The third-order valence-electron chi connectivity index (χ3n) is 13.2. The Morgan fingerprint density at radius 1 is 0.921 bits per heavy atom. The van der Waals surface area contributed by atoms with E-state index in [1.54, 1.807) is 19.5 Å². The number of nitrogens with one attached hydrogen (secondary N) is 1. The Balaban J connectivity index is 1.23. The first-order valence-corrected chi connectivity index (χ1v) is 15.5. The van der Waals surface area contributed by atoms with E-state index >= 15 is 0 Å². The summed E-state index contributed by atoms with van der Waals surface area (Å²) in [5.41, 5.74) is 1.53. The molecular weight excluding hydrogens is 474 g/mol. The number of furan rings is 1. The Morgan fingerprint density at radius 2 is 1.71 bits per heavy atom. The lowest BCUT2D eigenvalue weighted by atomic mass is 9.36. The number of carbonyl (C=O) groups is 2. The molecule has 0 saturated heterocycles. The highest BCUT2D eigenvalue weighted by atomic mass is 16.5. The number of hydrogen-bond acceptors (Lipinski definition) is 4. The van der Waals surface area contributed by atoms with Crippen LogP contribution in [0.15, 0.2) is 23.0 Å². The SMILES string of the molecule is CC(=O)OC1CCC2(C)C(CCC3(C)C4CCC5(C(=O)NCc6ccoc6)CCCC5C4CCC32)C1(C)C. The lowest BCUT2D eigenvalue weighted by molar-refractivity contribution is -0.220. The summed E-state index contributed by atoms with van der Waals surface area (Å²) < 4.78 is 11.1. The van der Waals surface area contributed by atoms with Gasteiger partial charge in [0.1, 0.15) is 6.10 Å². The van der Waals surface area contributed by atoms with Gasteiger partial charge in [-0.25, -0.2) is 0 Å². The van der Waals surface area contributed by atoms with Crippen molar-refractivity contribution in [3.8, 4) is 0 Å². The lowest BCUT2D eigenvalue weighted by Gasteiger charge is -2.69. The minimum Gasteiger partial charge on any atom is -0.472 e. The molecule has 9 unspecified atom stereocenters. The van der Waals surface area contributed by atoms with Gasteiger partial charge in [0.25, 0.3) is 0 Å². The molecule has 5 aliphatic carbocycles. The molecule has 0 spiro atoms. The average molecular weight is 524 g/mol. The van der Waals surface area contributed by atoms with Crippen LogP contribution in [0.1, 0.15) is 111 Å². The first-order valence-electron chi connectivity index (χ1n) is 15.5. The van der Waals surface area contributed by atoms with Gasteiger partial charge in [-0.3, -0.25) is 9.59 Å². The Hall–Kier alpha value is -1.78. The number of fused-ring (bicyclic) bond motifs is 7. The van der Waals surface area contributed by atoms with Crippen LogP contribution in [0.5, 0.6) is 0 Å². The summed E-state index contributed by atoms with van der Waals surface area (Å²) in [5.74, 6) is 3.41. The molecule has 1 amide bonds. The number of carbonyl (C=O) groups excluding carboxylic acids is 2. The average Bonchev–Trinajstić information content (AvgIpc) is 3.54. The molecule has 5 aliphatic rings. The maximum absolute atomic E-state index is 13.8. The highest BCUT2D eigenvalue weighted by Crippen LogP contribution is 2.73. The van der Waals surface area contributed by atoms with E-state index in [1.807, 2.05) is 6.07 Å². The van der Waals surface area contributed by atoms with Gasteiger partial charge in [-0.2, -0.15) is 0 Å². The topological polar surface area (TPSA) is 68.5 Å². The van der Waals surface area contributed by atoms with Crippen molar-refractivity contribution in [3.63, 3.8) is 0 Å². The number of hydrogen-bond donors (Lipinski definition) is 1. The molecule has 5 fully saturated rings. The van der Waals surface area contributed by atoms with Gasteiger partial charge in [0.05, 0.1) is 17.9 Å². The van der Waals surface area contributed by atoms with Crippen LogP contribution < -0.4 is 5.32 Å². The number of amides is 1. The van der Waals surface area contributed by atoms with Crippen LogP contribution in [0.2, 0.25) is 0 Å². The van der Waals surface area contributed by atoms with Crippen molar-refractivity contribution in [1.29, 1.82) is 0 Å². The maximum Gasteiger partial charge on any atom is 0.302 e.